The molecule has 0 spiro atoms. The van der Waals surface area contributed by atoms with Crippen LogP contribution in [0, 0.1) is 32.8 Å². The zero-order valence-corrected chi connectivity index (χ0v) is 12.6. The molecule has 9 heteroatoms. The lowest BCUT2D eigenvalue weighted by molar-refractivity contribution is -0.384. The number of amides is 1. The largest absolute Gasteiger partial charge is 0.345 e. The average molecular weight is 334 g/mol. The van der Waals surface area contributed by atoms with Gasteiger partial charge < -0.3 is 10.6 Å². The highest BCUT2D eigenvalue weighted by Gasteiger charge is 2.10. The second kappa shape index (κ2) is 7.85. The Bertz CT molecular complexity index is 906. The van der Waals surface area contributed by atoms with Gasteiger partial charge in [0, 0.05) is 23.9 Å². The number of carbonyl (C=O) groups excluding carboxylic acids is 1. The van der Waals surface area contributed by atoms with Gasteiger partial charge in [-0.2, -0.15) is 10.5 Å². The van der Waals surface area contributed by atoms with Gasteiger partial charge in [-0.3, -0.25) is 14.9 Å². The van der Waals surface area contributed by atoms with Crippen LogP contribution in [0.5, 0.6) is 0 Å². The third-order valence-corrected chi connectivity index (χ3v) is 2.94. The molecule has 1 aromatic carbocycles. The molecule has 2 rings (SSSR count). The first-order chi connectivity index (χ1) is 12.0. The van der Waals surface area contributed by atoms with Crippen LogP contribution in [0.3, 0.4) is 0 Å². The van der Waals surface area contributed by atoms with Gasteiger partial charge in [-0.1, -0.05) is 6.07 Å². The molecule has 0 unspecified atom stereocenters. The van der Waals surface area contributed by atoms with Crippen molar-refractivity contribution in [3.05, 3.63) is 69.9 Å². The second-order valence-electron chi connectivity index (χ2n) is 4.59. The Hall–Kier alpha value is -4.24. The van der Waals surface area contributed by atoms with Crippen molar-refractivity contribution in [1.29, 1.82) is 10.5 Å². The predicted molar refractivity (Wildman–Crippen MR) is 88.2 cm³/mol. The minimum atomic E-state index is -0.553. The molecular formula is C16H10N6O3. The first-order valence-corrected chi connectivity index (χ1v) is 6.83. The monoisotopic (exact) mass is 334 g/mol. The molecule has 0 fully saturated rings. The van der Waals surface area contributed by atoms with Gasteiger partial charge in [0.15, 0.2) is 0 Å². The SMILES string of the molecule is N#CC(C#N)=CNc1cccc(NC(=O)c2ccc([N+](=O)[O-])cc2)n1. The van der Waals surface area contributed by atoms with E-state index in [1.165, 1.54) is 30.5 Å². The van der Waals surface area contributed by atoms with Crippen molar-refractivity contribution in [3.63, 3.8) is 0 Å². The molecule has 1 heterocycles. The lowest BCUT2D eigenvalue weighted by Gasteiger charge is -2.06. The van der Waals surface area contributed by atoms with Gasteiger partial charge in [-0.05, 0) is 24.3 Å². The topological polar surface area (TPSA) is 145 Å². The van der Waals surface area contributed by atoms with Crippen molar-refractivity contribution in [3.8, 4) is 12.1 Å². The van der Waals surface area contributed by atoms with Crippen molar-refractivity contribution in [2.75, 3.05) is 10.6 Å². The zero-order chi connectivity index (χ0) is 18.2. The summed E-state index contributed by atoms with van der Waals surface area (Å²) in [5, 5.41) is 33.1. The summed E-state index contributed by atoms with van der Waals surface area (Å²) in [6.07, 6.45) is 1.20. The van der Waals surface area contributed by atoms with Crippen LogP contribution in [-0.4, -0.2) is 15.8 Å². The lowest BCUT2D eigenvalue weighted by Crippen LogP contribution is -2.13. The van der Waals surface area contributed by atoms with Crippen LogP contribution < -0.4 is 10.6 Å². The Balaban J connectivity index is 2.10. The molecule has 122 valence electrons. The molecular weight excluding hydrogens is 324 g/mol. The van der Waals surface area contributed by atoms with Crippen LogP contribution in [-0.2, 0) is 0 Å². The number of carbonyl (C=O) groups is 1. The Morgan fingerprint density at radius 1 is 1.12 bits per heavy atom. The molecule has 0 radical (unpaired) electrons. The zero-order valence-electron chi connectivity index (χ0n) is 12.6. The van der Waals surface area contributed by atoms with E-state index in [9.17, 15) is 14.9 Å². The van der Waals surface area contributed by atoms with Gasteiger partial charge in [-0.25, -0.2) is 4.98 Å². The number of nitro benzene ring substituents is 1. The molecule has 0 aliphatic heterocycles. The number of nitrogens with zero attached hydrogens (tertiary/aromatic N) is 4. The normalized spacial score (nSPS) is 9.20. The molecule has 9 nitrogen and oxygen atoms in total. The van der Waals surface area contributed by atoms with E-state index in [0.717, 1.165) is 0 Å². The quantitative estimate of drug-likeness (QED) is 0.485. The predicted octanol–water partition coefficient (Wildman–Crippen LogP) is 2.59. The van der Waals surface area contributed by atoms with Gasteiger partial charge in [-0.15, -0.1) is 0 Å². The van der Waals surface area contributed by atoms with Crippen LogP contribution >= 0.6 is 0 Å². The average Bonchev–Trinajstić information content (AvgIpc) is 2.63. The molecule has 0 aliphatic carbocycles. The van der Waals surface area contributed by atoms with E-state index in [2.05, 4.69) is 15.6 Å². The lowest BCUT2D eigenvalue weighted by atomic mass is 10.2. The molecule has 2 N–H and O–H groups in total. The van der Waals surface area contributed by atoms with Crippen molar-refractivity contribution in [2.45, 2.75) is 0 Å². The van der Waals surface area contributed by atoms with Crippen LogP contribution in [0.2, 0.25) is 0 Å². The first-order valence-electron chi connectivity index (χ1n) is 6.83. The first kappa shape index (κ1) is 17.1. The van der Waals surface area contributed by atoms with Crippen LogP contribution in [0.1, 0.15) is 10.4 Å². The van der Waals surface area contributed by atoms with Gasteiger partial charge >= 0.3 is 0 Å². The molecule has 0 bridgehead atoms. The van der Waals surface area contributed by atoms with Gasteiger partial charge in [0.1, 0.15) is 29.3 Å². The summed E-state index contributed by atoms with van der Waals surface area (Å²) in [5.41, 5.74) is 0.00229. The van der Waals surface area contributed by atoms with Crippen molar-refractivity contribution >= 4 is 23.2 Å². The highest BCUT2D eigenvalue weighted by molar-refractivity contribution is 6.03. The van der Waals surface area contributed by atoms with Gasteiger partial charge in [0.2, 0.25) is 0 Å². The number of rotatable bonds is 5. The van der Waals surface area contributed by atoms with Crippen molar-refractivity contribution in [1.82, 2.24) is 4.98 Å². The maximum Gasteiger partial charge on any atom is 0.269 e. The third-order valence-electron chi connectivity index (χ3n) is 2.94. The Labute approximate surface area is 142 Å². The van der Waals surface area contributed by atoms with Crippen molar-refractivity contribution < 1.29 is 9.72 Å². The fourth-order valence-corrected chi connectivity index (χ4v) is 1.74. The molecule has 0 saturated heterocycles. The van der Waals surface area contributed by atoms with E-state index in [1.54, 1.807) is 30.3 Å². The smallest absolute Gasteiger partial charge is 0.269 e. The van der Waals surface area contributed by atoms with Gasteiger partial charge in [0.05, 0.1) is 4.92 Å². The number of hydrogen-bond donors (Lipinski definition) is 2. The van der Waals surface area contributed by atoms with Crippen LogP contribution in [0.15, 0.2) is 54.2 Å². The fourth-order valence-electron chi connectivity index (χ4n) is 1.74. The summed E-state index contributed by atoms with van der Waals surface area (Å²) in [7, 11) is 0. The highest BCUT2D eigenvalue weighted by atomic mass is 16.6. The standard InChI is InChI=1S/C16H10N6O3/c17-8-11(9-18)10-19-14-2-1-3-15(20-14)21-16(23)12-4-6-13(7-5-12)22(24)25/h1-7,10H,(H2,19,20,21,23). The number of hydrogen-bond acceptors (Lipinski definition) is 7. The minimum absolute atomic E-state index is 0.113. The molecule has 25 heavy (non-hydrogen) atoms. The molecule has 1 amide bonds. The van der Waals surface area contributed by atoms with E-state index >= 15 is 0 Å². The summed E-state index contributed by atoms with van der Waals surface area (Å²) >= 11 is 0. The van der Waals surface area contributed by atoms with Crippen LogP contribution in [0.4, 0.5) is 17.3 Å². The number of aromatic nitrogens is 1. The van der Waals surface area contributed by atoms with E-state index in [-0.39, 0.29) is 22.6 Å². The number of non-ortho nitro benzene ring substituents is 1. The molecule has 0 saturated carbocycles. The second-order valence-corrected chi connectivity index (χ2v) is 4.59. The maximum absolute atomic E-state index is 12.1. The van der Waals surface area contributed by atoms with E-state index in [0.29, 0.717) is 5.82 Å². The molecule has 0 atom stereocenters. The van der Waals surface area contributed by atoms with Crippen LogP contribution in [0.25, 0.3) is 0 Å². The summed E-state index contributed by atoms with van der Waals surface area (Å²) in [6.45, 7) is 0. The van der Waals surface area contributed by atoms with E-state index < -0.39 is 10.8 Å². The van der Waals surface area contributed by atoms with E-state index in [4.69, 9.17) is 10.5 Å². The Morgan fingerprint density at radius 3 is 2.36 bits per heavy atom. The molecule has 1 aromatic heterocycles. The minimum Gasteiger partial charge on any atom is -0.345 e. The molecule has 0 aliphatic rings. The number of pyridine rings is 1. The highest BCUT2D eigenvalue weighted by Crippen LogP contribution is 2.14. The number of nitrogens with one attached hydrogen (secondary N) is 2. The summed E-state index contributed by atoms with van der Waals surface area (Å²) in [4.78, 5) is 26.3. The van der Waals surface area contributed by atoms with Crippen molar-refractivity contribution in [2.24, 2.45) is 0 Å². The number of allylic oxidation sites excluding steroid dienone is 1. The Kier molecular flexibility index (Phi) is 5.38. The number of nitriles is 2. The fraction of sp³-hybridized carbons (Fsp3) is 0. The summed E-state index contributed by atoms with van der Waals surface area (Å²) in [5.74, 6) is 0.0755. The number of nitro groups is 1. The number of benzene rings is 1. The van der Waals surface area contributed by atoms with E-state index in [1.807, 2.05) is 0 Å². The summed E-state index contributed by atoms with van der Waals surface area (Å²) in [6, 6.07) is 13.3. The van der Waals surface area contributed by atoms with Gasteiger partial charge in [0.25, 0.3) is 11.6 Å². The number of anilines is 2. The third kappa shape index (κ3) is 4.61. The summed E-state index contributed by atoms with van der Waals surface area (Å²) < 4.78 is 0. The Morgan fingerprint density at radius 2 is 1.76 bits per heavy atom. The maximum atomic E-state index is 12.1. The molecule has 2 aromatic rings.